The molecule has 0 spiro atoms. The first-order valence-electron chi connectivity index (χ1n) is 7.71. The van der Waals surface area contributed by atoms with Crippen LogP contribution in [0.1, 0.15) is 51.6 Å². The SMILES string of the molecule is CCNC(c1ccc(F)cc1I)C1CCC(C)C(C)C1. The van der Waals surface area contributed by atoms with Crippen LogP contribution in [0, 0.1) is 27.1 Å². The number of benzene rings is 1. The standard InChI is InChI=1S/C17H25FIN/c1-4-20-17(13-6-5-11(2)12(3)9-13)15-8-7-14(18)10-16(15)19/h7-8,10-13,17,20H,4-6,9H2,1-3H3. The number of hydrogen-bond donors (Lipinski definition) is 1. The van der Waals surface area contributed by atoms with E-state index in [4.69, 9.17) is 0 Å². The molecule has 1 aliphatic rings. The summed E-state index contributed by atoms with van der Waals surface area (Å²) in [5.74, 6) is 2.15. The summed E-state index contributed by atoms with van der Waals surface area (Å²) in [5.41, 5.74) is 1.26. The predicted octanol–water partition coefficient (Wildman–Crippen LogP) is 5.15. The van der Waals surface area contributed by atoms with Crippen LogP contribution in [-0.4, -0.2) is 6.54 Å². The number of rotatable bonds is 4. The summed E-state index contributed by atoms with van der Waals surface area (Å²) in [4.78, 5) is 0. The monoisotopic (exact) mass is 389 g/mol. The van der Waals surface area contributed by atoms with Gasteiger partial charge in [-0.3, -0.25) is 0 Å². The van der Waals surface area contributed by atoms with Crippen LogP contribution in [0.4, 0.5) is 4.39 Å². The second-order valence-electron chi connectivity index (χ2n) is 6.23. The van der Waals surface area contributed by atoms with E-state index in [9.17, 15) is 4.39 Å². The van der Waals surface area contributed by atoms with E-state index in [0.717, 1.165) is 22.0 Å². The summed E-state index contributed by atoms with van der Waals surface area (Å²) in [5, 5.41) is 3.64. The second-order valence-corrected chi connectivity index (χ2v) is 7.39. The van der Waals surface area contributed by atoms with Crippen molar-refractivity contribution in [3.63, 3.8) is 0 Å². The van der Waals surface area contributed by atoms with Gasteiger partial charge in [-0.2, -0.15) is 0 Å². The molecule has 1 nitrogen and oxygen atoms in total. The first-order valence-corrected chi connectivity index (χ1v) is 8.79. The zero-order valence-corrected chi connectivity index (χ0v) is 14.8. The highest BCUT2D eigenvalue weighted by molar-refractivity contribution is 14.1. The molecule has 1 fully saturated rings. The van der Waals surface area contributed by atoms with E-state index in [0.29, 0.717) is 12.0 Å². The van der Waals surface area contributed by atoms with Crippen molar-refractivity contribution in [2.75, 3.05) is 6.54 Å². The highest BCUT2D eigenvalue weighted by Gasteiger charge is 2.31. The Balaban J connectivity index is 2.22. The van der Waals surface area contributed by atoms with E-state index in [1.807, 2.05) is 6.07 Å². The van der Waals surface area contributed by atoms with Crippen LogP contribution < -0.4 is 5.32 Å². The van der Waals surface area contributed by atoms with Crippen molar-refractivity contribution < 1.29 is 4.39 Å². The van der Waals surface area contributed by atoms with Gasteiger partial charge in [0.05, 0.1) is 0 Å². The van der Waals surface area contributed by atoms with Gasteiger partial charge in [-0.25, -0.2) is 4.39 Å². The molecule has 2 rings (SSSR count). The minimum absolute atomic E-state index is 0.140. The van der Waals surface area contributed by atoms with Crippen molar-refractivity contribution in [3.8, 4) is 0 Å². The molecule has 1 aromatic rings. The molecule has 1 aromatic carbocycles. The number of hydrogen-bond acceptors (Lipinski definition) is 1. The maximum absolute atomic E-state index is 13.3. The minimum atomic E-state index is -0.140. The first-order chi connectivity index (χ1) is 9.52. The topological polar surface area (TPSA) is 12.0 Å². The van der Waals surface area contributed by atoms with E-state index < -0.39 is 0 Å². The average Bonchev–Trinajstić information content (AvgIpc) is 2.40. The van der Waals surface area contributed by atoms with E-state index in [1.54, 1.807) is 12.1 Å². The largest absolute Gasteiger partial charge is 0.310 e. The van der Waals surface area contributed by atoms with Crippen LogP contribution in [0.15, 0.2) is 18.2 Å². The molecule has 112 valence electrons. The van der Waals surface area contributed by atoms with E-state index in [-0.39, 0.29) is 5.82 Å². The van der Waals surface area contributed by atoms with Crippen molar-refractivity contribution in [1.29, 1.82) is 0 Å². The van der Waals surface area contributed by atoms with Gasteiger partial charge >= 0.3 is 0 Å². The summed E-state index contributed by atoms with van der Waals surface area (Å²) in [7, 11) is 0. The molecule has 0 aromatic heterocycles. The Bertz CT molecular complexity index is 449. The molecule has 1 N–H and O–H groups in total. The van der Waals surface area contributed by atoms with Gasteiger partial charge in [-0.1, -0.05) is 33.3 Å². The maximum atomic E-state index is 13.3. The summed E-state index contributed by atoms with van der Waals surface area (Å²) in [6, 6.07) is 5.57. The third-order valence-corrected chi connectivity index (χ3v) is 5.77. The van der Waals surface area contributed by atoms with Crippen LogP contribution in [0.3, 0.4) is 0 Å². The number of nitrogens with one attached hydrogen (secondary N) is 1. The number of halogens is 2. The molecule has 0 aliphatic heterocycles. The molecule has 0 radical (unpaired) electrons. The van der Waals surface area contributed by atoms with E-state index in [1.165, 1.54) is 24.8 Å². The molecule has 1 saturated carbocycles. The smallest absolute Gasteiger partial charge is 0.124 e. The minimum Gasteiger partial charge on any atom is -0.310 e. The lowest BCUT2D eigenvalue weighted by atomic mass is 9.72. The third kappa shape index (κ3) is 3.73. The molecule has 0 amide bonds. The fourth-order valence-electron chi connectivity index (χ4n) is 3.40. The molecule has 0 bridgehead atoms. The molecule has 4 atom stereocenters. The van der Waals surface area contributed by atoms with Gasteiger partial charge in [-0.15, -0.1) is 0 Å². The Hall–Kier alpha value is -0.160. The summed E-state index contributed by atoms with van der Waals surface area (Å²) < 4.78 is 14.4. The molecular weight excluding hydrogens is 364 g/mol. The van der Waals surface area contributed by atoms with Crippen molar-refractivity contribution in [3.05, 3.63) is 33.1 Å². The van der Waals surface area contributed by atoms with Gasteiger partial charge in [0.2, 0.25) is 0 Å². The van der Waals surface area contributed by atoms with Crippen LogP contribution in [0.2, 0.25) is 0 Å². The molecule has 20 heavy (non-hydrogen) atoms. The Morgan fingerprint density at radius 1 is 1.30 bits per heavy atom. The Kier molecular flexibility index (Phi) is 5.84. The van der Waals surface area contributed by atoms with Crippen molar-refractivity contribution >= 4 is 22.6 Å². The van der Waals surface area contributed by atoms with Gasteiger partial charge < -0.3 is 5.32 Å². The molecule has 0 saturated heterocycles. The van der Waals surface area contributed by atoms with Crippen LogP contribution in [0.25, 0.3) is 0 Å². The normalized spacial score (nSPS) is 28.4. The molecular formula is C17H25FIN. The zero-order valence-electron chi connectivity index (χ0n) is 12.6. The lowest BCUT2D eigenvalue weighted by Crippen LogP contribution is -2.33. The quantitative estimate of drug-likeness (QED) is 0.702. The van der Waals surface area contributed by atoms with Gasteiger partial charge in [0, 0.05) is 9.61 Å². The zero-order chi connectivity index (χ0) is 14.7. The summed E-state index contributed by atoms with van der Waals surface area (Å²) in [6.45, 7) is 7.84. The molecule has 4 unspecified atom stereocenters. The maximum Gasteiger partial charge on any atom is 0.124 e. The predicted molar refractivity (Wildman–Crippen MR) is 91.2 cm³/mol. The average molecular weight is 389 g/mol. The fourth-order valence-corrected chi connectivity index (χ4v) is 4.21. The van der Waals surface area contributed by atoms with Gasteiger partial charge in [-0.05, 0) is 77.4 Å². The van der Waals surface area contributed by atoms with Gasteiger partial charge in [0.15, 0.2) is 0 Å². The first kappa shape index (κ1) is 16.2. The highest BCUT2D eigenvalue weighted by atomic mass is 127. The van der Waals surface area contributed by atoms with Crippen molar-refractivity contribution in [2.24, 2.45) is 17.8 Å². The molecule has 0 heterocycles. The lowest BCUT2D eigenvalue weighted by Gasteiger charge is -2.37. The lowest BCUT2D eigenvalue weighted by molar-refractivity contribution is 0.171. The summed E-state index contributed by atoms with van der Waals surface area (Å²) >= 11 is 2.27. The fraction of sp³-hybridized carbons (Fsp3) is 0.647. The van der Waals surface area contributed by atoms with Gasteiger partial charge in [0.25, 0.3) is 0 Å². The molecule has 3 heteroatoms. The van der Waals surface area contributed by atoms with Crippen molar-refractivity contribution in [2.45, 2.75) is 46.1 Å². The van der Waals surface area contributed by atoms with Gasteiger partial charge in [0.1, 0.15) is 5.82 Å². The van der Waals surface area contributed by atoms with Crippen molar-refractivity contribution in [1.82, 2.24) is 5.32 Å². The Morgan fingerprint density at radius 2 is 2.05 bits per heavy atom. The highest BCUT2D eigenvalue weighted by Crippen LogP contribution is 2.40. The summed E-state index contributed by atoms with van der Waals surface area (Å²) in [6.07, 6.45) is 3.86. The van der Waals surface area contributed by atoms with E-state index >= 15 is 0 Å². The second kappa shape index (κ2) is 7.21. The van der Waals surface area contributed by atoms with Crippen LogP contribution >= 0.6 is 22.6 Å². The van der Waals surface area contributed by atoms with Crippen LogP contribution in [0.5, 0.6) is 0 Å². The molecule has 1 aliphatic carbocycles. The van der Waals surface area contributed by atoms with E-state index in [2.05, 4.69) is 48.7 Å². The third-order valence-electron chi connectivity index (χ3n) is 4.83. The Morgan fingerprint density at radius 3 is 2.65 bits per heavy atom. The van der Waals surface area contributed by atoms with Crippen LogP contribution in [-0.2, 0) is 0 Å². The Labute approximate surface area is 135 Å².